The Morgan fingerprint density at radius 1 is 1.75 bits per heavy atom. The predicted molar refractivity (Wildman–Crippen MR) is 48.1 cm³/mol. The number of pyridine rings is 1. The molecule has 0 saturated heterocycles. The average Bonchev–Trinajstić information content (AvgIpc) is 2.27. The van der Waals surface area contributed by atoms with Gasteiger partial charge in [-0.05, 0) is 24.0 Å². The molecular weight excluding hydrogens is 153 g/mol. The van der Waals surface area contributed by atoms with Gasteiger partial charge in [0.2, 0.25) is 0 Å². The summed E-state index contributed by atoms with van der Waals surface area (Å²) in [7, 11) is -1.88. The lowest BCUT2D eigenvalue weighted by Gasteiger charge is -2.01. The Bertz CT molecular complexity index is 463. The van der Waals surface area contributed by atoms with E-state index in [9.17, 15) is 0 Å². The number of aromatic nitrogens is 1. The standard InChI is InChI=1S/C8H12BNO2/c1-2-3-8-6-7(9(11)12)4-5-10-8/h4-6,11-12H,2-3H2,1H3/i1D3,2D2,3D2. The fourth-order valence-corrected chi connectivity index (χ4v) is 0.740. The highest BCUT2D eigenvalue weighted by Gasteiger charge is 2.10. The van der Waals surface area contributed by atoms with Gasteiger partial charge in [-0.3, -0.25) is 4.98 Å². The summed E-state index contributed by atoms with van der Waals surface area (Å²) in [5, 5.41) is 18.0. The molecule has 0 aromatic carbocycles. The van der Waals surface area contributed by atoms with E-state index in [2.05, 4.69) is 4.98 Å². The van der Waals surface area contributed by atoms with Crippen LogP contribution in [0.25, 0.3) is 0 Å². The SMILES string of the molecule is [2H]C([2H])([2H])C([2H])([2H])C([2H])([2H])c1cc(B(O)O)ccn1. The maximum atomic E-state index is 8.98. The van der Waals surface area contributed by atoms with Crippen molar-refractivity contribution in [2.24, 2.45) is 0 Å². The second-order valence-electron chi connectivity index (χ2n) is 2.10. The van der Waals surface area contributed by atoms with Crippen LogP contribution in [0.1, 0.15) is 28.5 Å². The van der Waals surface area contributed by atoms with Gasteiger partial charge in [-0.1, -0.05) is 13.2 Å². The van der Waals surface area contributed by atoms with Gasteiger partial charge in [-0.15, -0.1) is 0 Å². The van der Waals surface area contributed by atoms with Crippen molar-refractivity contribution in [3.05, 3.63) is 24.0 Å². The monoisotopic (exact) mass is 172 g/mol. The van der Waals surface area contributed by atoms with Crippen LogP contribution in [-0.4, -0.2) is 22.2 Å². The van der Waals surface area contributed by atoms with Crippen molar-refractivity contribution in [3.63, 3.8) is 0 Å². The van der Waals surface area contributed by atoms with E-state index in [1.165, 1.54) is 6.07 Å². The third-order valence-corrected chi connectivity index (χ3v) is 1.27. The van der Waals surface area contributed by atoms with E-state index >= 15 is 0 Å². The topological polar surface area (TPSA) is 53.4 Å². The summed E-state index contributed by atoms with van der Waals surface area (Å²) in [6.07, 6.45) is -5.04. The number of aryl methyl sites for hydroxylation is 1. The van der Waals surface area contributed by atoms with Gasteiger partial charge in [0.05, 0.1) is 0 Å². The lowest BCUT2D eigenvalue weighted by molar-refractivity contribution is 0.425. The molecule has 2 N–H and O–H groups in total. The van der Waals surface area contributed by atoms with Crippen LogP contribution in [0.4, 0.5) is 0 Å². The first-order chi connectivity index (χ1) is 8.41. The Morgan fingerprint density at radius 3 is 3.25 bits per heavy atom. The third-order valence-electron chi connectivity index (χ3n) is 1.27. The summed E-state index contributed by atoms with van der Waals surface area (Å²) in [4.78, 5) is 3.59. The first kappa shape index (κ1) is 3.48. The summed E-state index contributed by atoms with van der Waals surface area (Å²) >= 11 is 0. The smallest absolute Gasteiger partial charge is 0.423 e. The van der Waals surface area contributed by atoms with E-state index in [-0.39, 0.29) is 5.46 Å². The van der Waals surface area contributed by atoms with Crippen LogP contribution in [0.2, 0.25) is 0 Å². The highest BCUT2D eigenvalue weighted by molar-refractivity contribution is 6.58. The van der Waals surface area contributed by atoms with Crippen LogP contribution in [0.5, 0.6) is 0 Å². The molecule has 64 valence electrons. The lowest BCUT2D eigenvalue weighted by Crippen LogP contribution is -2.30. The lowest BCUT2D eigenvalue weighted by atomic mass is 9.80. The van der Waals surface area contributed by atoms with Crippen molar-refractivity contribution in [1.82, 2.24) is 4.98 Å². The van der Waals surface area contributed by atoms with Crippen molar-refractivity contribution in [3.8, 4) is 0 Å². The van der Waals surface area contributed by atoms with Crippen LogP contribution in [0.15, 0.2) is 18.3 Å². The largest absolute Gasteiger partial charge is 0.488 e. The van der Waals surface area contributed by atoms with Crippen LogP contribution in [0, 0.1) is 0 Å². The zero-order valence-corrected chi connectivity index (χ0v) is 6.15. The zero-order valence-electron chi connectivity index (χ0n) is 13.2. The molecule has 4 heteroatoms. The van der Waals surface area contributed by atoms with Crippen LogP contribution in [-0.2, 0) is 6.37 Å². The fraction of sp³-hybridized carbons (Fsp3) is 0.375. The van der Waals surface area contributed by atoms with Crippen LogP contribution in [0.3, 0.4) is 0 Å². The second kappa shape index (κ2) is 4.23. The molecule has 3 nitrogen and oxygen atoms in total. The van der Waals surface area contributed by atoms with E-state index in [0.29, 0.717) is 0 Å². The summed E-state index contributed by atoms with van der Waals surface area (Å²) in [5.41, 5.74) is -0.616. The van der Waals surface area contributed by atoms with E-state index in [4.69, 9.17) is 19.6 Å². The van der Waals surface area contributed by atoms with Gasteiger partial charge in [0, 0.05) is 21.5 Å². The normalized spacial score (nSPS) is 22.0. The van der Waals surface area contributed by atoms with Gasteiger partial charge >= 0.3 is 7.12 Å². The molecule has 0 bridgehead atoms. The summed E-state index contributed by atoms with van der Waals surface area (Å²) in [6, 6.07) is 2.13. The number of hydrogen-bond acceptors (Lipinski definition) is 3. The summed E-state index contributed by atoms with van der Waals surface area (Å²) < 4.78 is 51.5. The fourth-order valence-electron chi connectivity index (χ4n) is 0.740. The highest BCUT2D eigenvalue weighted by atomic mass is 16.4. The molecular formula is C8H12BNO2. The van der Waals surface area contributed by atoms with Gasteiger partial charge in [0.1, 0.15) is 0 Å². The second-order valence-corrected chi connectivity index (χ2v) is 2.10. The molecule has 0 radical (unpaired) electrons. The molecule has 1 heterocycles. The van der Waals surface area contributed by atoms with Gasteiger partial charge in [-0.25, -0.2) is 0 Å². The number of hydrogen-bond donors (Lipinski definition) is 2. The van der Waals surface area contributed by atoms with Crippen molar-refractivity contribution in [1.29, 1.82) is 0 Å². The number of rotatable bonds is 3. The molecule has 0 atom stereocenters. The summed E-state index contributed by atoms with van der Waals surface area (Å²) in [6.45, 7) is -3.19. The first-order valence-corrected chi connectivity index (χ1v) is 3.24. The Balaban J connectivity index is 3.31. The van der Waals surface area contributed by atoms with Gasteiger partial charge in [-0.2, -0.15) is 0 Å². The van der Waals surface area contributed by atoms with Crippen molar-refractivity contribution < 1.29 is 19.6 Å². The molecule has 0 fully saturated rings. The minimum Gasteiger partial charge on any atom is -0.423 e. The molecule has 0 aliphatic heterocycles. The van der Waals surface area contributed by atoms with E-state index < -0.39 is 32.4 Å². The van der Waals surface area contributed by atoms with E-state index in [1.807, 2.05) is 0 Å². The Labute approximate surface area is 82.1 Å². The molecule has 1 aromatic rings. The Kier molecular flexibility index (Phi) is 1.23. The van der Waals surface area contributed by atoms with Crippen molar-refractivity contribution >= 4 is 12.6 Å². The maximum absolute atomic E-state index is 8.98. The molecule has 0 spiro atoms. The molecule has 12 heavy (non-hydrogen) atoms. The van der Waals surface area contributed by atoms with E-state index in [1.54, 1.807) is 0 Å². The van der Waals surface area contributed by atoms with Crippen molar-refractivity contribution in [2.45, 2.75) is 19.6 Å². The van der Waals surface area contributed by atoms with Gasteiger partial charge in [0.15, 0.2) is 0 Å². The quantitative estimate of drug-likeness (QED) is 0.616. The van der Waals surface area contributed by atoms with Gasteiger partial charge < -0.3 is 10.0 Å². The Morgan fingerprint density at radius 2 is 2.58 bits per heavy atom. The predicted octanol–water partition coefficient (Wildman–Crippen LogP) is -0.286. The number of nitrogens with zero attached hydrogens (tertiary/aromatic N) is 1. The highest BCUT2D eigenvalue weighted by Crippen LogP contribution is 1.96. The minimum absolute atomic E-state index is 0.102. The molecule has 0 saturated carbocycles. The van der Waals surface area contributed by atoms with Gasteiger partial charge in [0.25, 0.3) is 0 Å². The molecule has 1 rings (SSSR count). The van der Waals surface area contributed by atoms with Crippen molar-refractivity contribution in [2.75, 3.05) is 0 Å². The molecule has 0 aliphatic rings. The average molecular weight is 172 g/mol. The minimum atomic E-state index is -3.19. The molecule has 0 amide bonds. The molecule has 1 aromatic heterocycles. The summed E-state index contributed by atoms with van der Waals surface area (Å²) in [5.74, 6) is 0. The van der Waals surface area contributed by atoms with E-state index in [0.717, 1.165) is 12.3 Å². The molecule has 0 unspecified atom stereocenters. The zero-order chi connectivity index (χ0) is 15.1. The molecule has 0 aliphatic carbocycles. The van der Waals surface area contributed by atoms with Crippen LogP contribution >= 0.6 is 0 Å². The maximum Gasteiger partial charge on any atom is 0.488 e. The van der Waals surface area contributed by atoms with Crippen LogP contribution < -0.4 is 5.46 Å². The third kappa shape index (κ3) is 2.32. The first-order valence-electron chi connectivity index (χ1n) is 6.74. The Hall–Kier alpha value is -0.865.